The molecule has 7 nitrogen and oxygen atoms in total. The van der Waals surface area contributed by atoms with Crippen LogP contribution in [0.2, 0.25) is 5.02 Å². The van der Waals surface area contributed by atoms with Crippen molar-refractivity contribution in [2.24, 2.45) is 0 Å². The van der Waals surface area contributed by atoms with Crippen LogP contribution >= 0.6 is 11.6 Å². The number of halogens is 1. The van der Waals surface area contributed by atoms with Crippen LogP contribution in [0.4, 0.5) is 0 Å². The number of carbonyl (C=O) groups excluding carboxylic acids is 1. The lowest BCUT2D eigenvalue weighted by Crippen LogP contribution is -2.26. The predicted molar refractivity (Wildman–Crippen MR) is 103 cm³/mol. The van der Waals surface area contributed by atoms with Crippen molar-refractivity contribution in [1.29, 1.82) is 0 Å². The zero-order chi connectivity index (χ0) is 19.9. The van der Waals surface area contributed by atoms with Crippen LogP contribution in [-0.2, 0) is 16.0 Å². The maximum absolute atomic E-state index is 12.1. The van der Waals surface area contributed by atoms with Gasteiger partial charge in [-0.2, -0.15) is 4.98 Å². The molecular formula is C20H20ClN3O4. The van der Waals surface area contributed by atoms with Crippen molar-refractivity contribution in [2.75, 3.05) is 6.61 Å². The van der Waals surface area contributed by atoms with Gasteiger partial charge in [-0.1, -0.05) is 16.8 Å². The number of nitrogens with zero attached hydrogens (tertiary/aromatic N) is 3. The van der Waals surface area contributed by atoms with E-state index in [-0.39, 0.29) is 6.61 Å². The summed E-state index contributed by atoms with van der Waals surface area (Å²) in [5.74, 6) is 1.13. The first-order valence-electron chi connectivity index (χ1n) is 8.85. The molecule has 0 N–H and O–H groups in total. The van der Waals surface area contributed by atoms with Gasteiger partial charge in [0, 0.05) is 29.4 Å². The first kappa shape index (κ1) is 19.8. The largest absolute Gasteiger partial charge is 0.479 e. The minimum atomic E-state index is -0.722. The Bertz CT molecular complexity index is 930. The number of pyridine rings is 1. The molecule has 0 saturated carbocycles. The number of carbonyl (C=O) groups is 1. The lowest BCUT2D eigenvalue weighted by Gasteiger charge is -2.15. The van der Waals surface area contributed by atoms with Crippen molar-refractivity contribution in [3.8, 4) is 17.1 Å². The Kier molecular flexibility index (Phi) is 6.60. The number of ether oxygens (including phenoxy) is 2. The molecule has 0 radical (unpaired) electrons. The molecule has 1 atom stereocenters. The van der Waals surface area contributed by atoms with E-state index in [1.807, 2.05) is 13.0 Å². The Morgan fingerprint density at radius 3 is 2.93 bits per heavy atom. The first-order valence-corrected chi connectivity index (χ1v) is 9.23. The number of hydrogen-bond donors (Lipinski definition) is 0. The van der Waals surface area contributed by atoms with Crippen molar-refractivity contribution < 1.29 is 18.8 Å². The molecule has 28 heavy (non-hydrogen) atoms. The van der Waals surface area contributed by atoms with E-state index in [9.17, 15) is 4.79 Å². The summed E-state index contributed by atoms with van der Waals surface area (Å²) in [6.45, 7) is 3.74. The fraction of sp³-hybridized carbons (Fsp3) is 0.300. The van der Waals surface area contributed by atoms with Crippen molar-refractivity contribution in [1.82, 2.24) is 15.1 Å². The molecule has 0 fully saturated rings. The van der Waals surface area contributed by atoms with Crippen LogP contribution in [0.5, 0.6) is 5.75 Å². The van der Waals surface area contributed by atoms with Crippen molar-refractivity contribution >= 4 is 17.6 Å². The van der Waals surface area contributed by atoms with Gasteiger partial charge in [-0.25, -0.2) is 4.79 Å². The molecule has 8 heteroatoms. The van der Waals surface area contributed by atoms with E-state index in [4.69, 9.17) is 25.6 Å². The minimum absolute atomic E-state index is 0.233. The highest BCUT2D eigenvalue weighted by molar-refractivity contribution is 6.30. The Morgan fingerprint density at radius 2 is 2.18 bits per heavy atom. The molecule has 3 aromatic rings. The average Bonchev–Trinajstić information content (AvgIpc) is 3.17. The summed E-state index contributed by atoms with van der Waals surface area (Å²) in [6, 6.07) is 8.88. The fourth-order valence-electron chi connectivity index (χ4n) is 2.47. The summed E-state index contributed by atoms with van der Waals surface area (Å²) in [6.07, 6.45) is 3.69. The van der Waals surface area contributed by atoms with Crippen LogP contribution in [-0.4, -0.2) is 33.8 Å². The zero-order valence-corrected chi connectivity index (χ0v) is 16.3. The topological polar surface area (TPSA) is 87.3 Å². The summed E-state index contributed by atoms with van der Waals surface area (Å²) >= 11 is 5.92. The smallest absolute Gasteiger partial charge is 0.347 e. The van der Waals surface area contributed by atoms with E-state index >= 15 is 0 Å². The van der Waals surface area contributed by atoms with E-state index in [1.165, 1.54) is 0 Å². The Balaban J connectivity index is 1.42. The number of rotatable bonds is 8. The van der Waals surface area contributed by atoms with Gasteiger partial charge in [-0.15, -0.1) is 0 Å². The fourth-order valence-corrected chi connectivity index (χ4v) is 2.69. The average molecular weight is 402 g/mol. The summed E-state index contributed by atoms with van der Waals surface area (Å²) in [5.41, 5.74) is 1.64. The molecular weight excluding hydrogens is 382 g/mol. The van der Waals surface area contributed by atoms with E-state index in [0.29, 0.717) is 35.3 Å². The molecule has 0 aliphatic carbocycles. The van der Waals surface area contributed by atoms with Gasteiger partial charge < -0.3 is 14.0 Å². The van der Waals surface area contributed by atoms with Crippen molar-refractivity contribution in [2.45, 2.75) is 32.8 Å². The number of benzene rings is 1. The Labute approximate surface area is 167 Å². The maximum atomic E-state index is 12.1. The molecule has 1 aromatic carbocycles. The SMILES string of the molecule is Cc1cc(Cl)ccc1OC(C)C(=O)OCCCc1nc(-c2cccnc2)no1. The van der Waals surface area contributed by atoms with Crippen LogP contribution < -0.4 is 4.74 Å². The van der Waals surface area contributed by atoms with E-state index in [1.54, 1.807) is 43.6 Å². The van der Waals surface area contributed by atoms with Gasteiger partial charge in [-0.3, -0.25) is 4.98 Å². The third kappa shape index (κ3) is 5.29. The van der Waals surface area contributed by atoms with Gasteiger partial charge in [0.25, 0.3) is 0 Å². The van der Waals surface area contributed by atoms with Gasteiger partial charge >= 0.3 is 5.97 Å². The summed E-state index contributed by atoms with van der Waals surface area (Å²) in [4.78, 5) is 20.4. The zero-order valence-electron chi connectivity index (χ0n) is 15.6. The summed E-state index contributed by atoms with van der Waals surface area (Å²) in [5, 5.41) is 4.54. The molecule has 0 aliphatic rings. The Morgan fingerprint density at radius 1 is 1.32 bits per heavy atom. The number of hydrogen-bond acceptors (Lipinski definition) is 7. The van der Waals surface area contributed by atoms with Crippen molar-refractivity contribution in [3.05, 3.63) is 59.2 Å². The van der Waals surface area contributed by atoms with Crippen LogP contribution in [0.15, 0.2) is 47.2 Å². The maximum Gasteiger partial charge on any atom is 0.347 e. The third-order valence-electron chi connectivity index (χ3n) is 3.94. The van der Waals surface area contributed by atoms with Gasteiger partial charge in [0.05, 0.1) is 6.61 Å². The van der Waals surface area contributed by atoms with Crippen molar-refractivity contribution in [3.63, 3.8) is 0 Å². The van der Waals surface area contributed by atoms with Crippen LogP contribution in [0.25, 0.3) is 11.4 Å². The number of aromatic nitrogens is 3. The molecule has 0 amide bonds. The second kappa shape index (κ2) is 9.32. The summed E-state index contributed by atoms with van der Waals surface area (Å²) < 4.78 is 16.1. The third-order valence-corrected chi connectivity index (χ3v) is 4.17. The Hall–Kier alpha value is -2.93. The molecule has 0 aliphatic heterocycles. The highest BCUT2D eigenvalue weighted by Crippen LogP contribution is 2.23. The normalized spacial score (nSPS) is 11.8. The van der Waals surface area contributed by atoms with Crippen LogP contribution in [0, 0.1) is 6.92 Å². The molecule has 2 heterocycles. The van der Waals surface area contributed by atoms with E-state index < -0.39 is 12.1 Å². The second-order valence-electron chi connectivity index (χ2n) is 6.19. The van der Waals surface area contributed by atoms with Gasteiger partial charge in [0.2, 0.25) is 11.7 Å². The predicted octanol–water partition coefficient (Wildman–Crippen LogP) is 4.04. The van der Waals surface area contributed by atoms with E-state index in [0.717, 1.165) is 11.1 Å². The lowest BCUT2D eigenvalue weighted by atomic mass is 10.2. The number of aryl methyl sites for hydroxylation is 2. The molecule has 3 rings (SSSR count). The first-order chi connectivity index (χ1) is 13.5. The van der Waals surface area contributed by atoms with Gasteiger partial charge in [-0.05, 0) is 56.2 Å². The molecule has 2 aromatic heterocycles. The molecule has 0 bridgehead atoms. The van der Waals surface area contributed by atoms with E-state index in [2.05, 4.69) is 15.1 Å². The highest BCUT2D eigenvalue weighted by Gasteiger charge is 2.17. The molecule has 0 spiro atoms. The standard InChI is InChI=1S/C20H20ClN3O4/c1-13-11-16(21)7-8-17(13)27-14(2)20(25)26-10-4-6-18-23-19(24-28-18)15-5-3-9-22-12-15/h3,5,7-9,11-12,14H,4,6,10H2,1-2H3. The van der Waals surface area contributed by atoms with Crippen LogP contribution in [0.1, 0.15) is 24.8 Å². The van der Waals surface area contributed by atoms with Crippen LogP contribution in [0.3, 0.4) is 0 Å². The summed E-state index contributed by atoms with van der Waals surface area (Å²) in [7, 11) is 0. The highest BCUT2D eigenvalue weighted by atomic mass is 35.5. The molecule has 0 saturated heterocycles. The second-order valence-corrected chi connectivity index (χ2v) is 6.63. The number of esters is 1. The lowest BCUT2D eigenvalue weighted by molar-refractivity contribution is -0.151. The quantitative estimate of drug-likeness (QED) is 0.415. The van der Waals surface area contributed by atoms with Gasteiger partial charge in [0.15, 0.2) is 6.10 Å². The van der Waals surface area contributed by atoms with Gasteiger partial charge in [0.1, 0.15) is 5.75 Å². The molecule has 146 valence electrons. The monoisotopic (exact) mass is 401 g/mol. The molecule has 1 unspecified atom stereocenters. The minimum Gasteiger partial charge on any atom is -0.479 e.